The Morgan fingerprint density at radius 1 is 1.50 bits per heavy atom. The monoisotopic (exact) mass is 290 g/mol. The zero-order valence-electron chi connectivity index (χ0n) is 11.5. The Morgan fingerprint density at radius 3 is 3.25 bits per heavy atom. The molecule has 0 aliphatic carbocycles. The van der Waals surface area contributed by atoms with Gasteiger partial charge < -0.3 is 10.1 Å². The van der Waals surface area contributed by atoms with E-state index in [4.69, 9.17) is 4.74 Å². The zero-order valence-corrected chi connectivity index (χ0v) is 12.3. The minimum atomic E-state index is 0.0377. The van der Waals surface area contributed by atoms with Crippen LogP contribution in [-0.4, -0.2) is 41.6 Å². The summed E-state index contributed by atoms with van der Waals surface area (Å²) in [5.41, 5.74) is 4.00. The molecule has 2 aromatic rings. The van der Waals surface area contributed by atoms with Gasteiger partial charge in [0.05, 0.1) is 23.5 Å². The molecular formula is C14H18N4OS. The number of ether oxygens (including phenoxy) is 1. The Hall–Kier alpha value is -1.50. The molecule has 1 fully saturated rings. The van der Waals surface area contributed by atoms with E-state index in [9.17, 15) is 0 Å². The summed E-state index contributed by atoms with van der Waals surface area (Å²) in [7, 11) is 1.88. The van der Waals surface area contributed by atoms with Gasteiger partial charge in [0, 0.05) is 32.1 Å². The van der Waals surface area contributed by atoms with Gasteiger partial charge in [0.15, 0.2) is 0 Å². The van der Waals surface area contributed by atoms with Crippen LogP contribution in [0.2, 0.25) is 0 Å². The van der Waals surface area contributed by atoms with Crippen LogP contribution in [0.4, 0.5) is 5.82 Å². The second kappa shape index (κ2) is 6.30. The van der Waals surface area contributed by atoms with Crippen LogP contribution in [0.25, 0.3) is 0 Å². The molecule has 3 heterocycles. The summed E-state index contributed by atoms with van der Waals surface area (Å²) in [6.45, 7) is 3.42. The summed E-state index contributed by atoms with van der Waals surface area (Å²) >= 11 is 1.64. The summed E-state index contributed by atoms with van der Waals surface area (Å²) in [5.74, 6) is 0.878. The van der Waals surface area contributed by atoms with Gasteiger partial charge in [-0.1, -0.05) is 6.07 Å². The molecule has 1 aliphatic heterocycles. The maximum absolute atomic E-state index is 5.86. The molecule has 6 heteroatoms. The lowest BCUT2D eigenvalue weighted by Crippen LogP contribution is -2.38. The van der Waals surface area contributed by atoms with Crippen molar-refractivity contribution in [3.63, 3.8) is 0 Å². The predicted octanol–water partition coefficient (Wildman–Crippen LogP) is 2.15. The number of hydrogen-bond acceptors (Lipinski definition) is 6. The maximum atomic E-state index is 5.86. The van der Waals surface area contributed by atoms with E-state index in [0.29, 0.717) is 0 Å². The summed E-state index contributed by atoms with van der Waals surface area (Å²) in [4.78, 5) is 11.3. The van der Waals surface area contributed by atoms with Gasteiger partial charge in [-0.05, 0) is 12.1 Å². The largest absolute Gasteiger partial charge is 0.373 e. The lowest BCUT2D eigenvalue weighted by Gasteiger charge is -2.32. The molecule has 0 spiro atoms. The van der Waals surface area contributed by atoms with E-state index in [0.717, 1.165) is 43.4 Å². The van der Waals surface area contributed by atoms with Crippen molar-refractivity contribution in [1.29, 1.82) is 0 Å². The van der Waals surface area contributed by atoms with Crippen LogP contribution in [0.1, 0.15) is 17.5 Å². The summed E-state index contributed by atoms with van der Waals surface area (Å²) in [6, 6.07) is 5.99. The number of rotatable bonds is 4. The topological polar surface area (TPSA) is 50.3 Å². The molecule has 0 radical (unpaired) electrons. The number of pyridine rings is 1. The van der Waals surface area contributed by atoms with Gasteiger partial charge >= 0.3 is 0 Å². The van der Waals surface area contributed by atoms with Gasteiger partial charge in [-0.3, -0.25) is 4.90 Å². The van der Waals surface area contributed by atoms with Crippen molar-refractivity contribution < 1.29 is 4.74 Å². The van der Waals surface area contributed by atoms with E-state index in [1.165, 1.54) is 0 Å². The number of morpholine rings is 1. The van der Waals surface area contributed by atoms with Crippen LogP contribution in [-0.2, 0) is 11.3 Å². The zero-order chi connectivity index (χ0) is 13.8. The van der Waals surface area contributed by atoms with Gasteiger partial charge in [0.2, 0.25) is 0 Å². The molecule has 20 heavy (non-hydrogen) atoms. The Labute approximate surface area is 122 Å². The van der Waals surface area contributed by atoms with Crippen molar-refractivity contribution in [3.05, 3.63) is 40.5 Å². The molecule has 106 valence electrons. The smallest absolute Gasteiger partial charge is 0.126 e. The molecule has 1 N–H and O–H groups in total. The molecule has 1 atom stereocenters. The highest BCUT2D eigenvalue weighted by Crippen LogP contribution is 2.22. The van der Waals surface area contributed by atoms with Crippen LogP contribution in [0.3, 0.4) is 0 Å². The molecule has 2 aromatic heterocycles. The van der Waals surface area contributed by atoms with Crippen molar-refractivity contribution in [1.82, 2.24) is 14.9 Å². The molecule has 1 aliphatic rings. The van der Waals surface area contributed by atoms with E-state index >= 15 is 0 Å². The second-order valence-corrected chi connectivity index (χ2v) is 5.49. The van der Waals surface area contributed by atoms with E-state index in [1.807, 2.05) is 30.8 Å². The first-order valence-electron chi connectivity index (χ1n) is 6.71. The number of thiazole rings is 1. The van der Waals surface area contributed by atoms with E-state index in [-0.39, 0.29) is 6.10 Å². The maximum Gasteiger partial charge on any atom is 0.126 e. The van der Waals surface area contributed by atoms with Gasteiger partial charge in [0.25, 0.3) is 0 Å². The average Bonchev–Trinajstić information content (AvgIpc) is 3.00. The number of anilines is 1. The predicted molar refractivity (Wildman–Crippen MR) is 79.9 cm³/mol. The molecule has 0 amide bonds. The van der Waals surface area contributed by atoms with Crippen LogP contribution >= 0.6 is 11.3 Å². The van der Waals surface area contributed by atoms with Gasteiger partial charge in [-0.2, -0.15) is 0 Å². The van der Waals surface area contributed by atoms with Crippen molar-refractivity contribution in [2.45, 2.75) is 12.6 Å². The number of nitrogens with one attached hydrogen (secondary N) is 1. The number of hydrogen-bond donors (Lipinski definition) is 1. The van der Waals surface area contributed by atoms with E-state index < -0.39 is 0 Å². The van der Waals surface area contributed by atoms with E-state index in [1.54, 1.807) is 11.3 Å². The minimum Gasteiger partial charge on any atom is -0.373 e. The fourth-order valence-corrected chi connectivity index (χ4v) is 2.89. The van der Waals surface area contributed by atoms with Crippen LogP contribution in [0.15, 0.2) is 29.1 Å². The Kier molecular flexibility index (Phi) is 4.25. The third-order valence-electron chi connectivity index (χ3n) is 3.38. The standard InChI is InChI=1S/C14H18N4OS/c1-15-14-4-2-3-12(17-14)13-8-18(5-6-19-13)7-11-9-20-10-16-11/h2-4,9-10,13H,5-8H2,1H3,(H,15,17)/t13-/m0/s1. The van der Waals surface area contributed by atoms with Crippen LogP contribution in [0.5, 0.6) is 0 Å². The lowest BCUT2D eigenvalue weighted by atomic mass is 10.2. The van der Waals surface area contributed by atoms with Crippen molar-refractivity contribution in [2.75, 3.05) is 32.1 Å². The second-order valence-electron chi connectivity index (χ2n) is 4.77. The van der Waals surface area contributed by atoms with Gasteiger partial charge in [-0.25, -0.2) is 9.97 Å². The molecule has 3 rings (SSSR count). The fraction of sp³-hybridized carbons (Fsp3) is 0.429. The molecule has 5 nitrogen and oxygen atoms in total. The third kappa shape index (κ3) is 3.15. The third-order valence-corrected chi connectivity index (χ3v) is 4.01. The molecule has 0 unspecified atom stereocenters. The normalized spacial score (nSPS) is 19.9. The van der Waals surface area contributed by atoms with Crippen molar-refractivity contribution in [2.24, 2.45) is 0 Å². The Balaban J connectivity index is 1.68. The summed E-state index contributed by atoms with van der Waals surface area (Å²) in [5, 5.41) is 5.17. The van der Waals surface area contributed by atoms with Crippen LogP contribution in [0, 0.1) is 0 Å². The minimum absolute atomic E-state index is 0.0377. The number of nitrogens with zero attached hydrogens (tertiary/aromatic N) is 3. The molecule has 0 bridgehead atoms. The highest BCUT2D eigenvalue weighted by molar-refractivity contribution is 7.07. The summed E-state index contributed by atoms with van der Waals surface area (Å²) < 4.78 is 5.86. The average molecular weight is 290 g/mol. The van der Waals surface area contributed by atoms with Gasteiger partial charge in [-0.15, -0.1) is 11.3 Å². The molecule has 0 aromatic carbocycles. The summed E-state index contributed by atoms with van der Waals surface area (Å²) in [6.07, 6.45) is 0.0377. The van der Waals surface area contributed by atoms with Gasteiger partial charge in [0.1, 0.15) is 11.9 Å². The van der Waals surface area contributed by atoms with E-state index in [2.05, 4.69) is 25.6 Å². The quantitative estimate of drug-likeness (QED) is 0.935. The highest BCUT2D eigenvalue weighted by atomic mass is 32.1. The molecular weight excluding hydrogens is 272 g/mol. The molecule has 0 saturated carbocycles. The first-order valence-corrected chi connectivity index (χ1v) is 7.65. The van der Waals surface area contributed by atoms with Crippen molar-refractivity contribution >= 4 is 17.2 Å². The lowest BCUT2D eigenvalue weighted by molar-refractivity contribution is -0.0352. The van der Waals surface area contributed by atoms with Crippen LogP contribution < -0.4 is 5.32 Å². The fourth-order valence-electron chi connectivity index (χ4n) is 2.34. The SMILES string of the molecule is CNc1cccc([C@@H]2CN(Cc3cscn3)CCO2)n1. The highest BCUT2D eigenvalue weighted by Gasteiger charge is 2.23. The first-order chi connectivity index (χ1) is 9.85. The number of aromatic nitrogens is 2. The first kappa shape index (κ1) is 13.5. The molecule has 1 saturated heterocycles. The Bertz CT molecular complexity index is 546. The Morgan fingerprint density at radius 2 is 2.45 bits per heavy atom. The van der Waals surface area contributed by atoms with Crippen molar-refractivity contribution in [3.8, 4) is 0 Å².